The monoisotopic (exact) mass is 238 g/mol. The maximum atomic E-state index is 10.7. The Bertz CT molecular complexity index is 253. The van der Waals surface area contributed by atoms with Gasteiger partial charge in [0.15, 0.2) is 10.2 Å². The zero-order valence-electron chi connectivity index (χ0n) is 6.60. The van der Waals surface area contributed by atoms with Gasteiger partial charge in [0.25, 0.3) is 0 Å². The summed E-state index contributed by atoms with van der Waals surface area (Å²) in [6.45, 7) is 0. The minimum Gasteiger partial charge on any atom is -0.374 e. The van der Waals surface area contributed by atoms with Gasteiger partial charge in [-0.2, -0.15) is 11.0 Å². The van der Waals surface area contributed by atoms with Crippen LogP contribution in [-0.4, -0.2) is 22.2 Å². The molecule has 0 amide bonds. The molecule has 0 aliphatic heterocycles. The van der Waals surface area contributed by atoms with E-state index in [0.717, 1.165) is 0 Å². The van der Waals surface area contributed by atoms with E-state index in [1.807, 2.05) is 0 Å². The molecule has 0 aliphatic carbocycles. The molecule has 0 radical (unpaired) electrons. The smallest absolute Gasteiger partial charge is 0.374 e. The Balaban J connectivity index is 3.82. The molecule has 8 nitrogen and oxygen atoms in total. The average Bonchev–Trinajstić information content (AvgIpc) is 2.09. The first kappa shape index (κ1) is 12.3. The van der Waals surface area contributed by atoms with Crippen molar-refractivity contribution in [1.29, 1.82) is 0 Å². The van der Waals surface area contributed by atoms with Crippen LogP contribution in [0.2, 0.25) is 0 Å². The number of nitrogens with one attached hydrogen (secondary N) is 2. The first-order valence-electron chi connectivity index (χ1n) is 2.96. The van der Waals surface area contributed by atoms with Gasteiger partial charge in [-0.3, -0.25) is 0 Å². The van der Waals surface area contributed by atoms with Crippen molar-refractivity contribution in [3.63, 3.8) is 0 Å². The van der Waals surface area contributed by atoms with E-state index >= 15 is 0 Å². The van der Waals surface area contributed by atoms with Gasteiger partial charge >= 0.3 is 11.9 Å². The van der Waals surface area contributed by atoms with Crippen LogP contribution in [0.1, 0.15) is 0 Å². The summed E-state index contributed by atoms with van der Waals surface area (Å²) in [6, 6.07) is 0. The van der Waals surface area contributed by atoms with Crippen LogP contribution in [-0.2, 0) is 19.3 Å². The highest BCUT2D eigenvalue weighted by atomic mass is 32.1. The topological polar surface area (TPSA) is 129 Å². The third-order valence-corrected chi connectivity index (χ3v) is 0.822. The SMILES string of the molecule is NC(=S)NOC(=O)C(=O)ONC(N)=S. The summed E-state index contributed by atoms with van der Waals surface area (Å²) in [7, 11) is 0. The van der Waals surface area contributed by atoms with E-state index < -0.39 is 11.9 Å². The van der Waals surface area contributed by atoms with E-state index in [1.165, 1.54) is 0 Å². The normalized spacial score (nSPS) is 8.29. The molecule has 0 unspecified atom stereocenters. The van der Waals surface area contributed by atoms with Crippen LogP contribution < -0.4 is 22.4 Å². The van der Waals surface area contributed by atoms with Crippen LogP contribution in [0.15, 0.2) is 0 Å². The Morgan fingerprint density at radius 3 is 1.43 bits per heavy atom. The van der Waals surface area contributed by atoms with Crippen molar-refractivity contribution in [3.8, 4) is 0 Å². The van der Waals surface area contributed by atoms with Gasteiger partial charge in [-0.1, -0.05) is 0 Å². The zero-order chi connectivity index (χ0) is 11.1. The van der Waals surface area contributed by atoms with Crippen LogP contribution >= 0.6 is 24.4 Å². The molecule has 0 saturated heterocycles. The Morgan fingerprint density at radius 2 is 1.21 bits per heavy atom. The van der Waals surface area contributed by atoms with Crippen molar-refractivity contribution >= 4 is 46.6 Å². The minimum atomic E-state index is -1.36. The number of nitrogens with two attached hydrogens (primary N) is 2. The molecule has 6 N–H and O–H groups in total. The lowest BCUT2D eigenvalue weighted by Gasteiger charge is -2.04. The van der Waals surface area contributed by atoms with Gasteiger partial charge in [0.1, 0.15) is 0 Å². The molecule has 0 saturated carbocycles. The van der Waals surface area contributed by atoms with E-state index in [4.69, 9.17) is 11.5 Å². The van der Waals surface area contributed by atoms with E-state index in [0.29, 0.717) is 0 Å². The van der Waals surface area contributed by atoms with Crippen molar-refractivity contribution in [3.05, 3.63) is 0 Å². The lowest BCUT2D eigenvalue weighted by molar-refractivity contribution is -0.172. The molecule has 0 aromatic rings. The third kappa shape index (κ3) is 5.91. The van der Waals surface area contributed by atoms with E-state index in [2.05, 4.69) is 34.1 Å². The molecule has 0 aromatic heterocycles. The molecular weight excluding hydrogens is 232 g/mol. The number of hydrogen-bond acceptors (Lipinski definition) is 6. The van der Waals surface area contributed by atoms with Gasteiger partial charge in [-0.25, -0.2) is 9.59 Å². The van der Waals surface area contributed by atoms with Crippen LogP contribution in [0.3, 0.4) is 0 Å². The minimum absolute atomic E-state index is 0.312. The molecule has 78 valence electrons. The molecule has 0 spiro atoms. The Kier molecular flexibility index (Phi) is 5.17. The molecular formula is C4H6N4O4S2. The van der Waals surface area contributed by atoms with Crippen molar-refractivity contribution in [2.45, 2.75) is 0 Å². The van der Waals surface area contributed by atoms with Crippen molar-refractivity contribution in [2.75, 3.05) is 0 Å². The first-order chi connectivity index (χ1) is 6.43. The summed E-state index contributed by atoms with van der Waals surface area (Å²) in [4.78, 5) is 29.4. The zero-order valence-corrected chi connectivity index (χ0v) is 8.24. The second-order valence-corrected chi connectivity index (χ2v) is 2.59. The highest BCUT2D eigenvalue weighted by Gasteiger charge is 2.18. The number of rotatable bonds is 0. The molecule has 0 heterocycles. The number of carbonyl (C=O) groups excluding carboxylic acids is 2. The average molecular weight is 238 g/mol. The van der Waals surface area contributed by atoms with E-state index in [9.17, 15) is 9.59 Å². The molecule has 0 bridgehead atoms. The summed E-state index contributed by atoms with van der Waals surface area (Å²) in [6.07, 6.45) is 0. The highest BCUT2D eigenvalue weighted by molar-refractivity contribution is 7.80. The van der Waals surface area contributed by atoms with Gasteiger partial charge in [0, 0.05) is 0 Å². The van der Waals surface area contributed by atoms with Gasteiger partial charge in [-0.05, 0) is 24.4 Å². The summed E-state index contributed by atoms with van der Waals surface area (Å²) in [5.74, 6) is -2.72. The van der Waals surface area contributed by atoms with Crippen LogP contribution in [0.5, 0.6) is 0 Å². The van der Waals surface area contributed by atoms with Gasteiger partial charge < -0.3 is 21.1 Å². The second-order valence-electron chi connectivity index (χ2n) is 1.71. The second kappa shape index (κ2) is 5.88. The largest absolute Gasteiger partial charge is 0.443 e. The Hall–Kier alpha value is -1.68. The van der Waals surface area contributed by atoms with Crippen molar-refractivity contribution in [1.82, 2.24) is 11.0 Å². The van der Waals surface area contributed by atoms with Crippen LogP contribution in [0.4, 0.5) is 0 Å². The predicted octanol–water partition coefficient (Wildman–Crippen LogP) is -2.43. The van der Waals surface area contributed by atoms with Crippen molar-refractivity contribution in [2.24, 2.45) is 11.5 Å². The molecule has 0 atom stereocenters. The number of thiocarbonyl (C=S) groups is 2. The van der Waals surface area contributed by atoms with Gasteiger partial charge in [0.05, 0.1) is 0 Å². The molecule has 0 rings (SSSR count). The summed E-state index contributed by atoms with van der Waals surface area (Å²) < 4.78 is 0. The van der Waals surface area contributed by atoms with Gasteiger partial charge in [0.2, 0.25) is 0 Å². The first-order valence-corrected chi connectivity index (χ1v) is 3.78. The fraction of sp³-hybridized carbons (Fsp3) is 0. The standard InChI is InChI=1S/C4H6N4O4S2/c5-3(13)7-11-1(9)2(10)12-8-4(6)14/h(H3,5,7,13)(H3,6,8,14). The summed E-state index contributed by atoms with van der Waals surface area (Å²) >= 11 is 8.58. The van der Waals surface area contributed by atoms with Crippen LogP contribution in [0, 0.1) is 0 Å². The summed E-state index contributed by atoms with van der Waals surface area (Å²) in [5, 5.41) is -0.623. The maximum absolute atomic E-state index is 10.7. The maximum Gasteiger partial charge on any atom is 0.443 e. The lowest BCUT2D eigenvalue weighted by atomic mass is 10.7. The van der Waals surface area contributed by atoms with E-state index in [1.54, 1.807) is 11.0 Å². The fourth-order valence-corrected chi connectivity index (χ4v) is 0.360. The molecule has 10 heteroatoms. The molecule has 0 aliphatic rings. The highest BCUT2D eigenvalue weighted by Crippen LogP contribution is 1.78. The number of carbonyl (C=O) groups is 2. The number of hydroxylamine groups is 2. The van der Waals surface area contributed by atoms with Crippen LogP contribution in [0.25, 0.3) is 0 Å². The number of hydrogen-bond donors (Lipinski definition) is 4. The fourth-order valence-electron chi connectivity index (χ4n) is 0.277. The van der Waals surface area contributed by atoms with Crippen molar-refractivity contribution < 1.29 is 19.3 Å². The summed E-state index contributed by atoms with van der Waals surface area (Å²) in [5.41, 5.74) is 13.4. The third-order valence-electron chi connectivity index (χ3n) is 0.655. The van der Waals surface area contributed by atoms with E-state index in [-0.39, 0.29) is 10.2 Å². The molecule has 14 heavy (non-hydrogen) atoms. The quantitative estimate of drug-likeness (QED) is 0.205. The molecule has 0 aromatic carbocycles. The molecule has 0 fully saturated rings. The lowest BCUT2D eigenvalue weighted by Crippen LogP contribution is -2.38. The van der Waals surface area contributed by atoms with Gasteiger partial charge in [-0.15, -0.1) is 0 Å². The predicted molar refractivity (Wildman–Crippen MR) is 52.0 cm³/mol. The Morgan fingerprint density at radius 1 is 0.929 bits per heavy atom. The Labute approximate surface area is 88.8 Å².